The van der Waals surface area contributed by atoms with Crippen LogP contribution >= 0.6 is 0 Å². The number of methoxy groups -OCH3 is 1. The molecule has 4 aromatic carbocycles. The highest BCUT2D eigenvalue weighted by atomic mass is 19.1. The van der Waals surface area contributed by atoms with Crippen molar-refractivity contribution in [3.8, 4) is 39.4 Å². The summed E-state index contributed by atoms with van der Waals surface area (Å²) >= 11 is 0. The Balaban J connectivity index is 1.60. The zero-order valence-corrected chi connectivity index (χ0v) is 18.3. The van der Waals surface area contributed by atoms with Crippen LogP contribution in [0.5, 0.6) is 5.75 Å². The highest BCUT2D eigenvalue weighted by Gasteiger charge is 2.18. The van der Waals surface area contributed by atoms with E-state index in [0.717, 1.165) is 33.8 Å². The second-order valence-corrected chi connectivity index (χ2v) is 7.84. The number of hydrogen-bond acceptors (Lipinski definition) is 2. The Bertz CT molecular complexity index is 1370. The van der Waals surface area contributed by atoms with Crippen molar-refractivity contribution >= 4 is 0 Å². The highest BCUT2D eigenvalue weighted by molar-refractivity contribution is 5.81. The molecule has 0 fully saturated rings. The minimum absolute atomic E-state index is 0.265. The third kappa shape index (κ3) is 4.28. The lowest BCUT2D eigenvalue weighted by atomic mass is 10.0. The van der Waals surface area contributed by atoms with Gasteiger partial charge in [-0.2, -0.15) is 0 Å². The Hall–Kier alpha value is -4.18. The van der Waals surface area contributed by atoms with Crippen LogP contribution in [-0.4, -0.2) is 16.7 Å². The van der Waals surface area contributed by atoms with Gasteiger partial charge in [-0.3, -0.25) is 0 Å². The van der Waals surface area contributed by atoms with Crippen LogP contribution in [0.25, 0.3) is 33.6 Å². The fourth-order valence-electron chi connectivity index (χ4n) is 4.13. The number of ether oxygens (including phenoxy) is 1. The van der Waals surface area contributed by atoms with Crippen LogP contribution in [0.1, 0.15) is 5.56 Å². The topological polar surface area (TPSA) is 27.1 Å². The second-order valence-electron chi connectivity index (χ2n) is 7.84. The van der Waals surface area contributed by atoms with Crippen LogP contribution in [-0.2, 0) is 6.54 Å². The first-order chi connectivity index (χ1) is 16.2. The second kappa shape index (κ2) is 9.13. The molecule has 1 aromatic heterocycles. The minimum atomic E-state index is -0.265. The summed E-state index contributed by atoms with van der Waals surface area (Å²) in [5.74, 6) is 0.483. The van der Waals surface area contributed by atoms with E-state index in [-0.39, 0.29) is 5.82 Å². The van der Waals surface area contributed by atoms with E-state index >= 15 is 0 Å². The largest absolute Gasteiger partial charge is 0.496 e. The zero-order valence-electron chi connectivity index (χ0n) is 18.3. The van der Waals surface area contributed by atoms with Gasteiger partial charge < -0.3 is 9.30 Å². The van der Waals surface area contributed by atoms with Gasteiger partial charge in [0.15, 0.2) is 0 Å². The van der Waals surface area contributed by atoms with Gasteiger partial charge in [0.05, 0.1) is 19.1 Å². The number of imidazole rings is 1. The maximum atomic E-state index is 13.7. The van der Waals surface area contributed by atoms with Crippen LogP contribution in [0.2, 0.25) is 0 Å². The number of rotatable bonds is 6. The van der Waals surface area contributed by atoms with Crippen molar-refractivity contribution in [1.82, 2.24) is 9.55 Å². The van der Waals surface area contributed by atoms with E-state index in [2.05, 4.69) is 41.0 Å². The maximum Gasteiger partial charge on any atom is 0.128 e. The fraction of sp³-hybridized carbons (Fsp3) is 0.0690. The summed E-state index contributed by atoms with van der Waals surface area (Å²) in [7, 11) is 1.66. The molecular weight excluding hydrogens is 411 g/mol. The number of hydrogen-bond donors (Lipinski definition) is 0. The van der Waals surface area contributed by atoms with Crippen LogP contribution in [0.4, 0.5) is 4.39 Å². The molecule has 0 saturated carbocycles. The molecule has 0 bridgehead atoms. The van der Waals surface area contributed by atoms with E-state index in [1.54, 1.807) is 19.2 Å². The summed E-state index contributed by atoms with van der Waals surface area (Å²) in [6.07, 6.45) is 1.84. The Morgan fingerprint density at radius 1 is 0.758 bits per heavy atom. The lowest BCUT2D eigenvalue weighted by Gasteiger charge is -2.13. The molecule has 162 valence electrons. The summed E-state index contributed by atoms with van der Waals surface area (Å²) in [6.45, 7) is 0.634. The van der Waals surface area contributed by atoms with Crippen molar-refractivity contribution in [3.63, 3.8) is 0 Å². The van der Waals surface area contributed by atoms with Gasteiger partial charge in [-0.25, -0.2) is 9.37 Å². The molecule has 0 aliphatic carbocycles. The van der Waals surface area contributed by atoms with E-state index in [4.69, 9.17) is 9.72 Å². The fourth-order valence-corrected chi connectivity index (χ4v) is 4.13. The predicted molar refractivity (Wildman–Crippen MR) is 131 cm³/mol. The Morgan fingerprint density at radius 3 is 2.27 bits per heavy atom. The average molecular weight is 435 g/mol. The van der Waals surface area contributed by atoms with Gasteiger partial charge in [0.1, 0.15) is 17.3 Å². The summed E-state index contributed by atoms with van der Waals surface area (Å²) in [4.78, 5) is 4.76. The average Bonchev–Trinajstić information content (AvgIpc) is 3.28. The number of para-hydroxylation sites is 1. The maximum absolute atomic E-state index is 13.7. The van der Waals surface area contributed by atoms with Crippen LogP contribution < -0.4 is 4.74 Å². The van der Waals surface area contributed by atoms with Crippen molar-refractivity contribution in [2.45, 2.75) is 6.54 Å². The van der Waals surface area contributed by atoms with Crippen molar-refractivity contribution in [3.05, 3.63) is 121 Å². The molecule has 3 nitrogen and oxygen atoms in total. The van der Waals surface area contributed by atoms with E-state index in [0.29, 0.717) is 6.54 Å². The lowest BCUT2D eigenvalue weighted by molar-refractivity contribution is 0.416. The molecule has 0 aliphatic heterocycles. The molecular formula is C29H23FN2O. The molecule has 1 heterocycles. The molecule has 0 spiro atoms. The van der Waals surface area contributed by atoms with Gasteiger partial charge >= 0.3 is 0 Å². The number of halogens is 1. The van der Waals surface area contributed by atoms with Crippen LogP contribution in [0.15, 0.2) is 109 Å². The normalized spacial score (nSPS) is 10.8. The molecule has 5 rings (SSSR count). The highest BCUT2D eigenvalue weighted by Crippen LogP contribution is 2.36. The quantitative estimate of drug-likeness (QED) is 0.285. The van der Waals surface area contributed by atoms with E-state index < -0.39 is 0 Å². The first kappa shape index (κ1) is 20.7. The Labute approximate surface area is 192 Å². The minimum Gasteiger partial charge on any atom is -0.496 e. The molecule has 0 N–H and O–H groups in total. The summed E-state index contributed by atoms with van der Waals surface area (Å²) in [5.41, 5.74) is 7.02. The van der Waals surface area contributed by atoms with Gasteiger partial charge in [0.2, 0.25) is 0 Å². The molecule has 5 aromatic rings. The van der Waals surface area contributed by atoms with Crippen LogP contribution in [0.3, 0.4) is 0 Å². The third-order valence-corrected chi connectivity index (χ3v) is 5.70. The molecule has 0 saturated heterocycles. The van der Waals surface area contributed by atoms with Gasteiger partial charge in [0, 0.05) is 17.7 Å². The van der Waals surface area contributed by atoms with Gasteiger partial charge in [-0.15, -0.1) is 0 Å². The summed E-state index contributed by atoms with van der Waals surface area (Å²) in [5, 5.41) is 0. The predicted octanol–water partition coefficient (Wildman–Crippen LogP) is 7.08. The molecule has 0 amide bonds. The van der Waals surface area contributed by atoms with E-state index in [9.17, 15) is 4.39 Å². The Morgan fingerprint density at radius 2 is 1.48 bits per heavy atom. The van der Waals surface area contributed by atoms with Gasteiger partial charge in [-0.05, 0) is 59.2 Å². The van der Waals surface area contributed by atoms with Gasteiger partial charge in [-0.1, -0.05) is 60.7 Å². The molecule has 0 atom stereocenters. The number of aromatic nitrogens is 2. The molecule has 0 aliphatic rings. The molecule has 0 unspecified atom stereocenters. The smallest absolute Gasteiger partial charge is 0.128 e. The molecule has 0 radical (unpaired) electrons. The SMILES string of the molecule is COc1ccccc1-c1ncn(Cc2cccc(-c3ccccc3)c2)c1-c1ccc(F)cc1. The van der Waals surface area contributed by atoms with Gasteiger partial charge in [0.25, 0.3) is 0 Å². The monoisotopic (exact) mass is 434 g/mol. The van der Waals surface area contributed by atoms with Crippen molar-refractivity contribution < 1.29 is 9.13 Å². The number of benzene rings is 4. The standard InChI is InChI=1S/C29H23FN2O/c1-33-27-13-6-5-12-26(27)28-29(23-14-16-25(30)17-15-23)32(20-31-28)19-21-8-7-11-24(18-21)22-9-3-2-4-10-22/h2-18,20H,19H2,1H3. The first-order valence-electron chi connectivity index (χ1n) is 10.8. The molecule has 33 heavy (non-hydrogen) atoms. The van der Waals surface area contributed by atoms with Crippen molar-refractivity contribution in [2.75, 3.05) is 7.11 Å². The number of nitrogens with zero attached hydrogens (tertiary/aromatic N) is 2. The summed E-state index contributed by atoms with van der Waals surface area (Å²) in [6, 6.07) is 33.2. The Kier molecular flexibility index (Phi) is 5.73. The third-order valence-electron chi connectivity index (χ3n) is 5.70. The summed E-state index contributed by atoms with van der Waals surface area (Å²) < 4.78 is 21.4. The first-order valence-corrected chi connectivity index (χ1v) is 10.8. The van der Waals surface area contributed by atoms with Crippen molar-refractivity contribution in [1.29, 1.82) is 0 Å². The van der Waals surface area contributed by atoms with E-state index in [1.807, 2.05) is 48.8 Å². The molecule has 4 heteroatoms. The lowest BCUT2D eigenvalue weighted by Crippen LogP contribution is -2.01. The zero-order chi connectivity index (χ0) is 22.6. The van der Waals surface area contributed by atoms with E-state index in [1.165, 1.54) is 23.3 Å². The van der Waals surface area contributed by atoms with Crippen molar-refractivity contribution in [2.24, 2.45) is 0 Å². The van der Waals surface area contributed by atoms with Crippen LogP contribution in [0, 0.1) is 5.82 Å².